The standard InChI is InChI=1S/C33H29F2N7O2/c1-19(2)44-24-11-21(10-22(13-24)27-18-39-32-26(27)14-23(17-38-32)30-7-9-41-42-30)16-37-31-25(4-3-8-36-31)33(43)40-15-20-5-6-28(34)29(35)12-20/h3-14,17-19H,15-16H2,1-2H3,(H,36,37)(H,38,39)(H,40,43)(H,41,42). The summed E-state index contributed by atoms with van der Waals surface area (Å²) in [5, 5.41) is 14.0. The highest BCUT2D eigenvalue weighted by Gasteiger charge is 2.15. The minimum Gasteiger partial charge on any atom is -0.491 e. The van der Waals surface area contributed by atoms with Gasteiger partial charge in [0.2, 0.25) is 0 Å². The Hall–Kier alpha value is -5.58. The SMILES string of the molecule is CC(C)Oc1cc(CNc2ncccc2C(=O)NCc2ccc(F)c(F)c2)cc(-c2c[nH]c3ncc(-c4ccn[nH]4)cc23)c1. The molecule has 11 heteroatoms. The van der Waals surface area contributed by atoms with E-state index in [4.69, 9.17) is 4.74 Å². The molecule has 4 heterocycles. The van der Waals surface area contributed by atoms with Gasteiger partial charge in [0.1, 0.15) is 17.2 Å². The van der Waals surface area contributed by atoms with Gasteiger partial charge in [-0.05, 0) is 85.1 Å². The van der Waals surface area contributed by atoms with Crippen molar-refractivity contribution >= 4 is 22.8 Å². The highest BCUT2D eigenvalue weighted by molar-refractivity contribution is 5.99. The van der Waals surface area contributed by atoms with Crippen molar-refractivity contribution in [2.45, 2.75) is 33.0 Å². The first-order valence-corrected chi connectivity index (χ1v) is 14.0. The van der Waals surface area contributed by atoms with Crippen LogP contribution >= 0.6 is 0 Å². The van der Waals surface area contributed by atoms with Crippen molar-refractivity contribution in [2.75, 3.05) is 5.32 Å². The van der Waals surface area contributed by atoms with Crippen LogP contribution in [0, 0.1) is 11.6 Å². The summed E-state index contributed by atoms with van der Waals surface area (Å²) in [7, 11) is 0. The van der Waals surface area contributed by atoms with E-state index < -0.39 is 17.5 Å². The monoisotopic (exact) mass is 593 g/mol. The summed E-state index contributed by atoms with van der Waals surface area (Å²) >= 11 is 0. The number of benzene rings is 2. The van der Waals surface area contributed by atoms with Crippen molar-refractivity contribution in [3.8, 4) is 28.1 Å². The average molecular weight is 594 g/mol. The minimum atomic E-state index is -0.967. The van der Waals surface area contributed by atoms with E-state index in [-0.39, 0.29) is 12.6 Å². The molecule has 0 saturated heterocycles. The van der Waals surface area contributed by atoms with Crippen LogP contribution in [-0.4, -0.2) is 37.2 Å². The first-order valence-electron chi connectivity index (χ1n) is 14.0. The topological polar surface area (TPSA) is 121 Å². The van der Waals surface area contributed by atoms with Gasteiger partial charge in [-0.3, -0.25) is 9.89 Å². The van der Waals surface area contributed by atoms with Crippen LogP contribution in [0.4, 0.5) is 14.6 Å². The van der Waals surface area contributed by atoms with Gasteiger partial charge in [-0.25, -0.2) is 18.7 Å². The molecule has 0 radical (unpaired) electrons. The van der Waals surface area contributed by atoms with Gasteiger partial charge in [-0.1, -0.05) is 6.07 Å². The fourth-order valence-electron chi connectivity index (χ4n) is 4.91. The maximum atomic E-state index is 13.6. The molecule has 0 atom stereocenters. The van der Waals surface area contributed by atoms with Gasteiger partial charge in [0.25, 0.3) is 5.91 Å². The number of H-pyrrole nitrogens is 2. The molecule has 0 unspecified atom stereocenters. The van der Waals surface area contributed by atoms with Crippen LogP contribution in [-0.2, 0) is 13.1 Å². The minimum absolute atomic E-state index is 0.0316. The lowest BCUT2D eigenvalue weighted by atomic mass is 10.0. The molecule has 6 rings (SSSR count). The van der Waals surface area contributed by atoms with E-state index in [1.165, 1.54) is 6.07 Å². The second-order valence-corrected chi connectivity index (χ2v) is 10.5. The van der Waals surface area contributed by atoms with E-state index in [2.05, 4.69) is 47.9 Å². The van der Waals surface area contributed by atoms with Crippen LogP contribution in [0.2, 0.25) is 0 Å². The predicted octanol–water partition coefficient (Wildman–Crippen LogP) is 6.62. The molecule has 0 saturated carbocycles. The molecule has 0 bridgehead atoms. The Morgan fingerprint density at radius 2 is 1.82 bits per heavy atom. The third-order valence-corrected chi connectivity index (χ3v) is 6.94. The van der Waals surface area contributed by atoms with Crippen LogP contribution in [0.1, 0.15) is 35.3 Å². The summed E-state index contributed by atoms with van der Waals surface area (Å²) in [5.41, 5.74) is 6.09. The predicted molar refractivity (Wildman–Crippen MR) is 164 cm³/mol. The zero-order valence-electron chi connectivity index (χ0n) is 24.0. The molecule has 0 spiro atoms. The summed E-state index contributed by atoms with van der Waals surface area (Å²) in [5.74, 6) is -1.22. The normalized spacial score (nSPS) is 11.2. The molecule has 2 aromatic carbocycles. The van der Waals surface area contributed by atoms with E-state index >= 15 is 0 Å². The molecule has 0 fully saturated rings. The number of rotatable bonds is 10. The Labute approximate surface area is 251 Å². The van der Waals surface area contributed by atoms with Crippen LogP contribution in [0.15, 0.2) is 85.5 Å². The van der Waals surface area contributed by atoms with Gasteiger partial charge < -0.3 is 20.4 Å². The van der Waals surface area contributed by atoms with E-state index in [0.717, 1.165) is 51.1 Å². The van der Waals surface area contributed by atoms with E-state index in [1.807, 2.05) is 38.2 Å². The van der Waals surface area contributed by atoms with Gasteiger partial charge in [0.15, 0.2) is 11.6 Å². The fourth-order valence-corrected chi connectivity index (χ4v) is 4.91. The summed E-state index contributed by atoms with van der Waals surface area (Å²) in [6, 6.07) is 16.8. The van der Waals surface area contributed by atoms with Crippen molar-refractivity contribution in [3.05, 3.63) is 114 Å². The quantitative estimate of drug-likeness (QED) is 0.142. The van der Waals surface area contributed by atoms with Crippen molar-refractivity contribution in [3.63, 3.8) is 0 Å². The number of nitrogens with one attached hydrogen (secondary N) is 4. The Kier molecular flexibility index (Phi) is 8.00. The molecule has 4 N–H and O–H groups in total. The third-order valence-electron chi connectivity index (χ3n) is 6.94. The Bertz CT molecular complexity index is 1940. The lowest BCUT2D eigenvalue weighted by molar-refractivity contribution is 0.0951. The molecular weight excluding hydrogens is 564 g/mol. The fraction of sp³-hybridized carbons (Fsp3) is 0.152. The van der Waals surface area contributed by atoms with Crippen molar-refractivity contribution in [1.82, 2.24) is 30.5 Å². The van der Waals surface area contributed by atoms with Gasteiger partial charge >= 0.3 is 0 Å². The van der Waals surface area contributed by atoms with Gasteiger partial charge in [-0.15, -0.1) is 0 Å². The number of carbonyl (C=O) groups excluding carboxylic acids is 1. The number of fused-ring (bicyclic) bond motifs is 1. The Balaban J connectivity index is 1.25. The highest BCUT2D eigenvalue weighted by atomic mass is 19.2. The third kappa shape index (κ3) is 6.26. The molecule has 0 aliphatic rings. The number of hydrogen-bond donors (Lipinski definition) is 4. The van der Waals surface area contributed by atoms with E-state index in [0.29, 0.717) is 29.2 Å². The first kappa shape index (κ1) is 28.5. The number of aromatic amines is 2. The van der Waals surface area contributed by atoms with Gasteiger partial charge in [-0.2, -0.15) is 5.10 Å². The summed E-state index contributed by atoms with van der Waals surface area (Å²) in [4.78, 5) is 25.3. The maximum Gasteiger partial charge on any atom is 0.255 e. The Morgan fingerprint density at radius 1 is 0.932 bits per heavy atom. The average Bonchev–Trinajstić information content (AvgIpc) is 3.71. The van der Waals surface area contributed by atoms with Gasteiger partial charge in [0.05, 0.1) is 17.4 Å². The number of nitrogens with zero attached hydrogens (tertiary/aromatic N) is 3. The number of aromatic nitrogens is 5. The number of amides is 1. The van der Waals surface area contributed by atoms with Crippen LogP contribution in [0.25, 0.3) is 33.4 Å². The molecule has 4 aromatic heterocycles. The number of carbonyl (C=O) groups is 1. The van der Waals surface area contributed by atoms with Crippen molar-refractivity contribution in [2.24, 2.45) is 0 Å². The zero-order chi connectivity index (χ0) is 30.6. The number of ether oxygens (including phenoxy) is 1. The number of pyridine rings is 2. The molecule has 0 aliphatic carbocycles. The van der Waals surface area contributed by atoms with E-state index in [1.54, 1.807) is 30.7 Å². The molecule has 44 heavy (non-hydrogen) atoms. The largest absolute Gasteiger partial charge is 0.491 e. The smallest absolute Gasteiger partial charge is 0.255 e. The molecule has 6 aromatic rings. The number of halogens is 2. The zero-order valence-corrected chi connectivity index (χ0v) is 24.0. The molecule has 222 valence electrons. The van der Waals surface area contributed by atoms with Crippen LogP contribution < -0.4 is 15.4 Å². The van der Waals surface area contributed by atoms with E-state index in [9.17, 15) is 13.6 Å². The number of anilines is 1. The molecule has 1 amide bonds. The molecule has 0 aliphatic heterocycles. The van der Waals surface area contributed by atoms with Crippen LogP contribution in [0.3, 0.4) is 0 Å². The molecular formula is C33H29F2N7O2. The summed E-state index contributed by atoms with van der Waals surface area (Å²) in [6.07, 6.45) is 6.97. The second-order valence-electron chi connectivity index (χ2n) is 10.5. The summed E-state index contributed by atoms with van der Waals surface area (Å²) < 4.78 is 33.0. The maximum absolute atomic E-state index is 13.6. The lowest BCUT2D eigenvalue weighted by Gasteiger charge is -2.15. The Morgan fingerprint density at radius 3 is 2.61 bits per heavy atom. The first-order chi connectivity index (χ1) is 21.3. The summed E-state index contributed by atoms with van der Waals surface area (Å²) in [6.45, 7) is 4.32. The second kappa shape index (κ2) is 12.3. The lowest BCUT2D eigenvalue weighted by Crippen LogP contribution is -2.24. The highest BCUT2D eigenvalue weighted by Crippen LogP contribution is 2.34. The van der Waals surface area contributed by atoms with Crippen molar-refractivity contribution in [1.29, 1.82) is 0 Å². The molecule has 9 nitrogen and oxygen atoms in total. The number of hydrogen-bond acceptors (Lipinski definition) is 6. The van der Waals surface area contributed by atoms with Gasteiger partial charge in [0, 0.05) is 54.4 Å². The van der Waals surface area contributed by atoms with Crippen LogP contribution in [0.5, 0.6) is 5.75 Å². The van der Waals surface area contributed by atoms with Crippen molar-refractivity contribution < 1.29 is 18.3 Å².